The van der Waals surface area contributed by atoms with Crippen molar-refractivity contribution in [1.29, 1.82) is 0 Å². The molecule has 0 aromatic rings. The lowest BCUT2D eigenvalue weighted by Crippen LogP contribution is -2.49. The highest BCUT2D eigenvalue weighted by Gasteiger charge is 2.35. The topological polar surface area (TPSA) is 83.2 Å². The van der Waals surface area contributed by atoms with Crippen molar-refractivity contribution in [2.24, 2.45) is 22.1 Å². The number of aliphatic imine (C=N–C) groups is 1. The first-order valence-electron chi connectivity index (χ1n) is 11.7. The summed E-state index contributed by atoms with van der Waals surface area (Å²) in [4.78, 5) is 21.5. The van der Waals surface area contributed by atoms with Crippen LogP contribution in [0.2, 0.25) is 0 Å². The van der Waals surface area contributed by atoms with Gasteiger partial charge in [0.1, 0.15) is 0 Å². The van der Waals surface area contributed by atoms with Crippen LogP contribution in [0.4, 0.5) is 0 Å². The zero-order valence-electron chi connectivity index (χ0n) is 18.3. The maximum absolute atomic E-state index is 11.4. The van der Waals surface area contributed by atoms with E-state index in [1.807, 2.05) is 0 Å². The first kappa shape index (κ1) is 22.3. The van der Waals surface area contributed by atoms with Crippen LogP contribution in [-0.4, -0.2) is 80.7 Å². The number of amides is 1. The molecular weight excluding hydrogens is 366 g/mol. The first-order chi connectivity index (χ1) is 14.1. The van der Waals surface area contributed by atoms with Crippen molar-refractivity contribution in [3.63, 3.8) is 0 Å². The van der Waals surface area contributed by atoms with Gasteiger partial charge in [-0.25, -0.2) is 0 Å². The van der Waals surface area contributed by atoms with Gasteiger partial charge in [-0.3, -0.25) is 14.7 Å². The minimum atomic E-state index is -0.189. The van der Waals surface area contributed by atoms with E-state index in [4.69, 9.17) is 15.5 Å². The number of primary amides is 1. The van der Waals surface area contributed by atoms with E-state index >= 15 is 0 Å². The van der Waals surface area contributed by atoms with Crippen molar-refractivity contribution in [3.05, 3.63) is 0 Å². The van der Waals surface area contributed by atoms with Crippen LogP contribution < -0.4 is 11.1 Å². The van der Waals surface area contributed by atoms with Crippen molar-refractivity contribution >= 4 is 11.9 Å². The molecule has 1 unspecified atom stereocenters. The van der Waals surface area contributed by atoms with Crippen LogP contribution in [0.5, 0.6) is 0 Å². The Bertz CT molecular complexity index is 541. The molecule has 1 amide bonds. The highest BCUT2D eigenvalue weighted by atomic mass is 16.5. The van der Waals surface area contributed by atoms with Crippen LogP contribution in [0.15, 0.2) is 4.99 Å². The van der Waals surface area contributed by atoms with E-state index in [9.17, 15) is 4.79 Å². The first-order valence-corrected chi connectivity index (χ1v) is 11.7. The van der Waals surface area contributed by atoms with Gasteiger partial charge in [-0.15, -0.1) is 0 Å². The highest BCUT2D eigenvalue weighted by molar-refractivity contribution is 5.80. The van der Waals surface area contributed by atoms with E-state index in [0.29, 0.717) is 17.8 Å². The van der Waals surface area contributed by atoms with E-state index in [1.165, 1.54) is 32.1 Å². The molecule has 2 aliphatic heterocycles. The number of carbonyl (C=O) groups is 1. The Labute approximate surface area is 176 Å². The van der Waals surface area contributed by atoms with Crippen LogP contribution in [0, 0.1) is 11.3 Å². The molecule has 1 atom stereocenters. The van der Waals surface area contributed by atoms with Gasteiger partial charge in [0.15, 0.2) is 5.96 Å². The average Bonchev–Trinajstić information content (AvgIpc) is 2.72. The molecule has 1 saturated carbocycles. The van der Waals surface area contributed by atoms with Gasteiger partial charge < -0.3 is 20.7 Å². The summed E-state index contributed by atoms with van der Waals surface area (Å²) >= 11 is 0. The molecule has 7 nitrogen and oxygen atoms in total. The van der Waals surface area contributed by atoms with Crippen molar-refractivity contribution in [3.8, 4) is 0 Å². The summed E-state index contributed by atoms with van der Waals surface area (Å²) in [7, 11) is 0. The van der Waals surface area contributed by atoms with Gasteiger partial charge in [-0.05, 0) is 38.5 Å². The third kappa shape index (κ3) is 6.85. The van der Waals surface area contributed by atoms with Crippen LogP contribution in [-0.2, 0) is 9.53 Å². The second kappa shape index (κ2) is 11.2. The number of nitrogens with two attached hydrogens (primary N) is 1. The number of likely N-dealkylation sites (tertiary alicyclic amines) is 1. The molecule has 1 aliphatic carbocycles. The smallest absolute Gasteiger partial charge is 0.217 e. The largest absolute Gasteiger partial charge is 0.379 e. The molecule has 0 aromatic carbocycles. The molecular formula is C22H41N5O2. The fourth-order valence-electron chi connectivity index (χ4n) is 5.28. The summed E-state index contributed by atoms with van der Waals surface area (Å²) in [5, 5.41) is 3.51. The summed E-state index contributed by atoms with van der Waals surface area (Å²) in [6.07, 6.45) is 9.21. The molecule has 0 spiro atoms. The zero-order valence-corrected chi connectivity index (χ0v) is 18.3. The van der Waals surface area contributed by atoms with Gasteiger partial charge in [0.05, 0.1) is 13.2 Å². The number of rotatable bonds is 7. The monoisotopic (exact) mass is 407 g/mol. The normalized spacial score (nSPS) is 26.3. The molecule has 3 rings (SSSR count). The number of carbonyl (C=O) groups excluding carboxylic acids is 1. The zero-order chi connectivity index (χ0) is 20.5. The fraction of sp³-hybridized carbons (Fsp3) is 0.909. The molecule has 3 fully saturated rings. The van der Waals surface area contributed by atoms with Crippen molar-refractivity contribution in [2.75, 3.05) is 59.0 Å². The molecule has 0 aromatic heterocycles. The van der Waals surface area contributed by atoms with Crippen LogP contribution in [0.1, 0.15) is 58.3 Å². The van der Waals surface area contributed by atoms with Crippen LogP contribution >= 0.6 is 0 Å². The van der Waals surface area contributed by atoms with E-state index in [-0.39, 0.29) is 5.91 Å². The van der Waals surface area contributed by atoms with Gasteiger partial charge >= 0.3 is 0 Å². The second-order valence-corrected chi connectivity index (χ2v) is 9.24. The lowest BCUT2D eigenvalue weighted by atomic mass is 9.73. The van der Waals surface area contributed by atoms with Crippen molar-refractivity contribution < 1.29 is 9.53 Å². The predicted octanol–water partition coefficient (Wildman–Crippen LogP) is 1.82. The van der Waals surface area contributed by atoms with Crippen LogP contribution in [0.25, 0.3) is 0 Å². The van der Waals surface area contributed by atoms with E-state index < -0.39 is 0 Å². The molecule has 3 aliphatic rings. The molecule has 2 heterocycles. The Morgan fingerprint density at radius 3 is 2.62 bits per heavy atom. The third-order valence-corrected chi connectivity index (χ3v) is 6.78. The maximum Gasteiger partial charge on any atom is 0.217 e. The quantitative estimate of drug-likeness (QED) is 0.497. The highest BCUT2D eigenvalue weighted by Crippen LogP contribution is 2.37. The lowest BCUT2D eigenvalue weighted by molar-refractivity contribution is -0.119. The van der Waals surface area contributed by atoms with E-state index in [1.54, 1.807) is 0 Å². The summed E-state index contributed by atoms with van der Waals surface area (Å²) in [6, 6.07) is 0. The molecule has 166 valence electrons. The molecule has 29 heavy (non-hydrogen) atoms. The average molecular weight is 408 g/mol. The summed E-state index contributed by atoms with van der Waals surface area (Å²) < 4.78 is 5.55. The predicted molar refractivity (Wildman–Crippen MR) is 117 cm³/mol. The summed E-state index contributed by atoms with van der Waals surface area (Å²) in [5.74, 6) is 1.18. The number of hydrogen-bond acceptors (Lipinski definition) is 4. The SMILES string of the molecule is CCNC(=NCC1(CN2CCOCC2)CCCCC1)N1CCCC(CC(N)=O)C1. The Hall–Kier alpha value is -1.34. The Balaban J connectivity index is 1.67. The molecule has 7 heteroatoms. The Morgan fingerprint density at radius 1 is 1.17 bits per heavy atom. The van der Waals surface area contributed by atoms with Crippen molar-refractivity contribution in [2.45, 2.75) is 58.3 Å². The lowest BCUT2D eigenvalue weighted by Gasteiger charge is -2.42. The Morgan fingerprint density at radius 2 is 1.93 bits per heavy atom. The number of ether oxygens (including phenoxy) is 1. The minimum Gasteiger partial charge on any atom is -0.379 e. The standard InChI is InChI=1S/C22H41N5O2/c1-2-24-21(27-10-6-7-19(16-27)15-20(23)28)25-17-22(8-4-3-5-9-22)18-26-11-13-29-14-12-26/h19H,2-18H2,1H3,(H2,23,28)(H,24,25). The van der Waals surface area contributed by atoms with Gasteiger partial charge in [-0.2, -0.15) is 0 Å². The molecule has 3 N–H and O–H groups in total. The molecule has 0 bridgehead atoms. The fourth-order valence-corrected chi connectivity index (χ4v) is 5.28. The molecule has 0 radical (unpaired) electrons. The van der Waals surface area contributed by atoms with E-state index in [2.05, 4.69) is 22.0 Å². The minimum absolute atomic E-state index is 0.189. The summed E-state index contributed by atoms with van der Waals surface area (Å²) in [5.41, 5.74) is 5.74. The maximum atomic E-state index is 11.4. The molecule has 2 saturated heterocycles. The van der Waals surface area contributed by atoms with Gasteiger partial charge in [-0.1, -0.05) is 19.3 Å². The Kier molecular flexibility index (Phi) is 8.60. The van der Waals surface area contributed by atoms with Crippen molar-refractivity contribution in [1.82, 2.24) is 15.1 Å². The third-order valence-electron chi connectivity index (χ3n) is 6.78. The van der Waals surface area contributed by atoms with Gasteiger partial charge in [0, 0.05) is 57.6 Å². The van der Waals surface area contributed by atoms with Gasteiger partial charge in [0.2, 0.25) is 5.91 Å². The number of nitrogens with zero attached hydrogens (tertiary/aromatic N) is 3. The van der Waals surface area contributed by atoms with Crippen LogP contribution in [0.3, 0.4) is 0 Å². The number of nitrogens with one attached hydrogen (secondary N) is 1. The van der Waals surface area contributed by atoms with E-state index in [0.717, 1.165) is 77.8 Å². The summed E-state index contributed by atoms with van der Waals surface area (Å²) in [6.45, 7) is 10.7. The number of guanidine groups is 1. The number of piperidine rings is 1. The second-order valence-electron chi connectivity index (χ2n) is 9.24. The number of hydrogen-bond donors (Lipinski definition) is 2. The number of morpholine rings is 1. The van der Waals surface area contributed by atoms with Gasteiger partial charge in [0.25, 0.3) is 0 Å².